The highest BCUT2D eigenvalue weighted by molar-refractivity contribution is 5.91. The molecular weight excluding hydrogens is 220 g/mol. The van der Waals surface area contributed by atoms with Crippen LogP contribution < -0.4 is 5.32 Å². The Bertz CT molecular complexity index is 412. The fraction of sp³-hybridized carbons (Fsp3) is 0.333. The third kappa shape index (κ3) is 5.11. The van der Waals surface area contributed by atoms with Crippen molar-refractivity contribution in [2.45, 2.75) is 0 Å². The molecule has 0 unspecified atom stereocenters. The summed E-state index contributed by atoms with van der Waals surface area (Å²) in [6, 6.07) is 8.70. The number of hydrogen-bond donors (Lipinski definition) is 1. The Morgan fingerprint density at radius 3 is 3.00 bits per heavy atom. The minimum Gasteiger partial charge on any atom is -0.382 e. The average molecular weight is 234 g/mol. The zero-order valence-electron chi connectivity index (χ0n) is 9.60. The van der Waals surface area contributed by atoms with Crippen LogP contribution in [-0.4, -0.2) is 32.8 Å². The van der Waals surface area contributed by atoms with Gasteiger partial charge < -0.3 is 14.8 Å². The summed E-state index contributed by atoms with van der Waals surface area (Å²) in [7, 11) is 1.57. The van der Waals surface area contributed by atoms with Gasteiger partial charge in [-0.1, -0.05) is 6.07 Å². The lowest BCUT2D eigenvalue weighted by Gasteiger charge is -2.06. The first kappa shape index (κ1) is 13.2. The number of nitriles is 1. The predicted octanol–water partition coefficient (Wildman–Crippen LogP) is 1.16. The second kappa shape index (κ2) is 7.39. The highest BCUT2D eigenvalue weighted by Crippen LogP contribution is 2.09. The van der Waals surface area contributed by atoms with Crippen LogP contribution in [0.2, 0.25) is 0 Å². The molecule has 0 aromatic heterocycles. The van der Waals surface area contributed by atoms with Gasteiger partial charge in [-0.25, -0.2) is 0 Å². The summed E-state index contributed by atoms with van der Waals surface area (Å²) in [6.45, 7) is 0.805. The van der Waals surface area contributed by atoms with E-state index in [1.54, 1.807) is 31.4 Å². The van der Waals surface area contributed by atoms with Crippen molar-refractivity contribution in [3.63, 3.8) is 0 Å². The molecule has 1 amide bonds. The molecule has 0 aliphatic carbocycles. The number of methoxy groups -OCH3 is 1. The molecule has 0 saturated heterocycles. The summed E-state index contributed by atoms with van der Waals surface area (Å²) in [5.74, 6) is -0.254. The van der Waals surface area contributed by atoms with Gasteiger partial charge in [0.1, 0.15) is 6.61 Å². The molecule has 0 spiro atoms. The van der Waals surface area contributed by atoms with E-state index >= 15 is 0 Å². The Hall–Kier alpha value is -1.90. The average Bonchev–Trinajstić information content (AvgIpc) is 2.35. The van der Waals surface area contributed by atoms with Crippen molar-refractivity contribution in [3.8, 4) is 6.07 Å². The van der Waals surface area contributed by atoms with Crippen LogP contribution in [0.15, 0.2) is 24.3 Å². The topological polar surface area (TPSA) is 71.3 Å². The van der Waals surface area contributed by atoms with Crippen LogP contribution in [0.5, 0.6) is 0 Å². The number of benzene rings is 1. The number of nitrogens with zero attached hydrogens (tertiary/aromatic N) is 1. The highest BCUT2D eigenvalue weighted by Gasteiger charge is 2.02. The largest absolute Gasteiger partial charge is 0.382 e. The van der Waals surface area contributed by atoms with Gasteiger partial charge in [-0.05, 0) is 18.2 Å². The SMILES string of the molecule is COCCOCC(=O)Nc1cccc(C#N)c1. The zero-order valence-corrected chi connectivity index (χ0v) is 9.60. The maximum absolute atomic E-state index is 11.4. The summed E-state index contributed by atoms with van der Waals surface area (Å²) in [6.07, 6.45) is 0. The lowest BCUT2D eigenvalue weighted by Crippen LogP contribution is -2.19. The second-order valence-corrected chi connectivity index (χ2v) is 3.29. The van der Waals surface area contributed by atoms with Crippen LogP contribution >= 0.6 is 0 Å². The van der Waals surface area contributed by atoms with Crippen molar-refractivity contribution >= 4 is 11.6 Å². The van der Waals surface area contributed by atoms with E-state index in [4.69, 9.17) is 14.7 Å². The number of carbonyl (C=O) groups excluding carboxylic acids is 1. The molecule has 0 atom stereocenters. The molecule has 17 heavy (non-hydrogen) atoms. The summed E-state index contributed by atoms with van der Waals surface area (Å²) in [5.41, 5.74) is 1.09. The van der Waals surface area contributed by atoms with E-state index in [0.29, 0.717) is 24.5 Å². The van der Waals surface area contributed by atoms with Gasteiger partial charge in [-0.2, -0.15) is 5.26 Å². The van der Waals surface area contributed by atoms with Crippen molar-refractivity contribution in [2.24, 2.45) is 0 Å². The molecule has 0 bridgehead atoms. The lowest BCUT2D eigenvalue weighted by atomic mass is 10.2. The fourth-order valence-corrected chi connectivity index (χ4v) is 1.17. The van der Waals surface area contributed by atoms with E-state index < -0.39 is 0 Å². The molecule has 0 aliphatic rings. The van der Waals surface area contributed by atoms with Crippen LogP contribution in [0.25, 0.3) is 0 Å². The summed E-state index contributed by atoms with van der Waals surface area (Å²) in [4.78, 5) is 11.4. The van der Waals surface area contributed by atoms with Gasteiger partial charge in [0.15, 0.2) is 0 Å². The van der Waals surface area contributed by atoms with Crippen molar-refractivity contribution in [3.05, 3.63) is 29.8 Å². The molecular formula is C12H14N2O3. The minimum absolute atomic E-state index is 0.0276. The van der Waals surface area contributed by atoms with Gasteiger partial charge in [-0.3, -0.25) is 4.79 Å². The van der Waals surface area contributed by atoms with Crippen LogP contribution in [0, 0.1) is 11.3 Å². The third-order valence-corrected chi connectivity index (χ3v) is 1.94. The Morgan fingerprint density at radius 2 is 2.29 bits per heavy atom. The van der Waals surface area contributed by atoms with Crippen molar-refractivity contribution in [1.29, 1.82) is 5.26 Å². The quantitative estimate of drug-likeness (QED) is 0.750. The number of hydrogen-bond acceptors (Lipinski definition) is 4. The molecule has 1 aromatic carbocycles. The molecule has 0 saturated carbocycles. The van der Waals surface area contributed by atoms with E-state index in [1.165, 1.54) is 0 Å². The molecule has 0 radical (unpaired) electrons. The monoisotopic (exact) mass is 234 g/mol. The molecule has 0 heterocycles. The molecule has 1 N–H and O–H groups in total. The maximum Gasteiger partial charge on any atom is 0.250 e. The van der Waals surface area contributed by atoms with E-state index in [0.717, 1.165) is 0 Å². The Labute approximate surface area is 100.0 Å². The van der Waals surface area contributed by atoms with E-state index in [1.807, 2.05) is 6.07 Å². The van der Waals surface area contributed by atoms with Crippen LogP contribution in [0.3, 0.4) is 0 Å². The smallest absolute Gasteiger partial charge is 0.250 e. The molecule has 90 valence electrons. The van der Waals surface area contributed by atoms with Crippen molar-refractivity contribution in [2.75, 3.05) is 32.2 Å². The number of rotatable bonds is 6. The van der Waals surface area contributed by atoms with Crippen LogP contribution in [-0.2, 0) is 14.3 Å². The number of ether oxygens (including phenoxy) is 2. The van der Waals surface area contributed by atoms with Gasteiger partial charge in [0.25, 0.3) is 0 Å². The van der Waals surface area contributed by atoms with Gasteiger partial charge >= 0.3 is 0 Å². The Balaban J connectivity index is 2.37. The maximum atomic E-state index is 11.4. The lowest BCUT2D eigenvalue weighted by molar-refractivity contribution is -0.121. The molecule has 0 aliphatic heterocycles. The number of anilines is 1. The van der Waals surface area contributed by atoms with Gasteiger partial charge in [0.05, 0.1) is 24.8 Å². The van der Waals surface area contributed by atoms with E-state index in [9.17, 15) is 4.79 Å². The second-order valence-electron chi connectivity index (χ2n) is 3.29. The van der Waals surface area contributed by atoms with Crippen LogP contribution in [0.4, 0.5) is 5.69 Å². The van der Waals surface area contributed by atoms with Crippen molar-refractivity contribution in [1.82, 2.24) is 0 Å². The van der Waals surface area contributed by atoms with Gasteiger partial charge in [0, 0.05) is 12.8 Å². The number of carbonyl (C=O) groups is 1. The molecule has 1 rings (SSSR count). The van der Waals surface area contributed by atoms with Gasteiger partial charge in [-0.15, -0.1) is 0 Å². The summed E-state index contributed by atoms with van der Waals surface area (Å²) >= 11 is 0. The van der Waals surface area contributed by atoms with E-state index in [-0.39, 0.29) is 12.5 Å². The highest BCUT2D eigenvalue weighted by atomic mass is 16.5. The van der Waals surface area contributed by atoms with Crippen molar-refractivity contribution < 1.29 is 14.3 Å². The fourth-order valence-electron chi connectivity index (χ4n) is 1.17. The Morgan fingerprint density at radius 1 is 1.47 bits per heavy atom. The summed E-state index contributed by atoms with van der Waals surface area (Å²) in [5, 5.41) is 11.3. The first-order chi connectivity index (χ1) is 8.26. The molecule has 1 aromatic rings. The normalized spacial score (nSPS) is 9.65. The first-order valence-electron chi connectivity index (χ1n) is 5.13. The molecule has 0 fully saturated rings. The van der Waals surface area contributed by atoms with Gasteiger partial charge in [0.2, 0.25) is 5.91 Å². The number of amides is 1. The number of nitrogens with one attached hydrogen (secondary N) is 1. The predicted molar refractivity (Wildman–Crippen MR) is 62.5 cm³/mol. The first-order valence-corrected chi connectivity index (χ1v) is 5.13. The molecule has 5 heteroatoms. The minimum atomic E-state index is -0.254. The third-order valence-electron chi connectivity index (χ3n) is 1.94. The van der Waals surface area contributed by atoms with Crippen LogP contribution in [0.1, 0.15) is 5.56 Å². The Kier molecular flexibility index (Phi) is 5.72. The zero-order chi connectivity index (χ0) is 12.5. The molecule has 5 nitrogen and oxygen atoms in total. The van der Waals surface area contributed by atoms with E-state index in [2.05, 4.69) is 5.32 Å². The standard InChI is InChI=1S/C12H14N2O3/c1-16-5-6-17-9-12(15)14-11-4-2-3-10(7-11)8-13/h2-4,7H,5-6,9H2,1H3,(H,14,15). The summed E-state index contributed by atoms with van der Waals surface area (Å²) < 4.78 is 9.84.